The highest BCUT2D eigenvalue weighted by Crippen LogP contribution is 2.24. The summed E-state index contributed by atoms with van der Waals surface area (Å²) in [7, 11) is 0. The van der Waals surface area contributed by atoms with Gasteiger partial charge in [-0.15, -0.1) is 0 Å². The molecule has 0 unspecified atom stereocenters. The Morgan fingerprint density at radius 3 is 2.54 bits per heavy atom. The average Bonchev–Trinajstić information content (AvgIpc) is 2.12. The zero-order chi connectivity index (χ0) is 9.84. The van der Waals surface area contributed by atoms with Gasteiger partial charge in [0, 0.05) is 11.4 Å². The summed E-state index contributed by atoms with van der Waals surface area (Å²) in [6, 6.07) is 6.19. The summed E-state index contributed by atoms with van der Waals surface area (Å²) < 4.78 is 0. The number of nitriles is 1. The minimum absolute atomic E-state index is 0.532. The van der Waals surface area contributed by atoms with Gasteiger partial charge in [0.25, 0.3) is 0 Å². The lowest BCUT2D eigenvalue weighted by atomic mass is 10.0. The fourth-order valence-corrected chi connectivity index (χ4v) is 1.63. The van der Waals surface area contributed by atoms with E-state index in [1.54, 1.807) is 0 Å². The van der Waals surface area contributed by atoms with Crippen LogP contribution in [0.3, 0.4) is 0 Å². The van der Waals surface area contributed by atoms with Crippen LogP contribution in [0.1, 0.15) is 23.1 Å². The van der Waals surface area contributed by atoms with E-state index in [0.29, 0.717) is 6.42 Å². The van der Waals surface area contributed by atoms with Crippen molar-refractivity contribution in [3.05, 3.63) is 33.8 Å². The van der Waals surface area contributed by atoms with Crippen molar-refractivity contribution in [2.75, 3.05) is 0 Å². The van der Waals surface area contributed by atoms with Gasteiger partial charge in [-0.25, -0.2) is 0 Å². The molecule has 0 aromatic heterocycles. The third-order valence-electron chi connectivity index (χ3n) is 2.16. The maximum absolute atomic E-state index is 8.49. The first-order chi connectivity index (χ1) is 6.16. The summed E-state index contributed by atoms with van der Waals surface area (Å²) in [4.78, 5) is 0. The normalized spacial score (nSPS) is 9.69. The van der Waals surface area contributed by atoms with Crippen LogP contribution < -0.4 is 0 Å². The number of hydrogen-bond donors (Lipinski definition) is 0. The maximum atomic E-state index is 8.49. The first kappa shape index (κ1) is 10.1. The summed E-state index contributed by atoms with van der Waals surface area (Å²) in [5.41, 5.74) is 3.37. The third-order valence-corrected chi connectivity index (χ3v) is 2.68. The largest absolute Gasteiger partial charge is 0.198 e. The summed E-state index contributed by atoms with van der Waals surface area (Å²) in [5.74, 6) is 0. The van der Waals surface area contributed by atoms with Crippen LogP contribution in [-0.4, -0.2) is 0 Å². The quantitative estimate of drug-likeness (QED) is 0.706. The zero-order valence-corrected chi connectivity index (χ0v) is 8.65. The lowest BCUT2D eigenvalue weighted by Crippen LogP contribution is -1.92. The molecule has 0 aliphatic carbocycles. The Morgan fingerprint density at radius 2 is 1.92 bits per heavy atom. The highest BCUT2D eigenvalue weighted by molar-refractivity contribution is 6.32. The van der Waals surface area contributed by atoms with E-state index < -0.39 is 0 Å². The summed E-state index contributed by atoms with van der Waals surface area (Å²) in [5, 5.41) is 9.30. The molecule has 0 bridgehead atoms. The van der Waals surface area contributed by atoms with Crippen molar-refractivity contribution in [3.8, 4) is 6.07 Å². The average molecular weight is 194 g/mol. The van der Waals surface area contributed by atoms with Crippen molar-refractivity contribution in [3.63, 3.8) is 0 Å². The van der Waals surface area contributed by atoms with Gasteiger partial charge in [-0.1, -0.05) is 23.7 Å². The zero-order valence-electron chi connectivity index (χ0n) is 7.89. The van der Waals surface area contributed by atoms with Crippen LogP contribution in [0.4, 0.5) is 0 Å². The Bertz CT molecular complexity index is 350. The van der Waals surface area contributed by atoms with Crippen molar-refractivity contribution in [1.29, 1.82) is 5.26 Å². The smallest absolute Gasteiger partial charge is 0.0625 e. The molecule has 0 aliphatic rings. The highest BCUT2D eigenvalue weighted by atomic mass is 35.5. The van der Waals surface area contributed by atoms with Crippen LogP contribution in [0.25, 0.3) is 0 Å². The molecular formula is C11H12ClN. The Balaban J connectivity index is 3.04. The minimum atomic E-state index is 0.532. The van der Waals surface area contributed by atoms with Gasteiger partial charge in [0.1, 0.15) is 0 Å². The molecular weight excluding hydrogens is 182 g/mol. The monoisotopic (exact) mass is 193 g/mol. The van der Waals surface area contributed by atoms with E-state index in [-0.39, 0.29) is 0 Å². The van der Waals surface area contributed by atoms with Crippen molar-refractivity contribution in [1.82, 2.24) is 0 Å². The standard InChI is InChI=1S/C11H12ClN/c1-8-5-6-9(2)11(12)10(8)4-3-7-13/h5-6H,3-4H2,1-2H3. The van der Waals surface area contributed by atoms with Gasteiger partial charge in [-0.05, 0) is 37.0 Å². The van der Waals surface area contributed by atoms with Gasteiger partial charge >= 0.3 is 0 Å². The lowest BCUT2D eigenvalue weighted by Gasteiger charge is -2.08. The molecule has 0 saturated carbocycles. The number of benzene rings is 1. The second kappa shape index (κ2) is 4.30. The van der Waals surface area contributed by atoms with Crippen LogP contribution in [0.15, 0.2) is 12.1 Å². The number of rotatable bonds is 2. The fourth-order valence-electron chi connectivity index (χ4n) is 1.32. The molecule has 0 heterocycles. The van der Waals surface area contributed by atoms with E-state index in [1.165, 1.54) is 5.56 Å². The van der Waals surface area contributed by atoms with E-state index in [0.717, 1.165) is 22.6 Å². The van der Waals surface area contributed by atoms with Crippen LogP contribution in [-0.2, 0) is 6.42 Å². The predicted octanol–water partition coefficient (Wildman–Crippen LogP) is 3.41. The first-order valence-corrected chi connectivity index (χ1v) is 4.66. The van der Waals surface area contributed by atoms with Crippen molar-refractivity contribution in [2.24, 2.45) is 0 Å². The Hall–Kier alpha value is -1.00. The molecule has 0 N–H and O–H groups in total. The molecule has 68 valence electrons. The van der Waals surface area contributed by atoms with Gasteiger partial charge in [0.05, 0.1) is 6.07 Å². The predicted molar refractivity (Wildman–Crippen MR) is 54.9 cm³/mol. The Morgan fingerprint density at radius 1 is 1.31 bits per heavy atom. The molecule has 1 aromatic rings. The minimum Gasteiger partial charge on any atom is -0.198 e. The van der Waals surface area contributed by atoms with Gasteiger partial charge < -0.3 is 0 Å². The van der Waals surface area contributed by atoms with Crippen molar-refractivity contribution >= 4 is 11.6 Å². The molecule has 0 amide bonds. The number of hydrogen-bond acceptors (Lipinski definition) is 1. The molecule has 13 heavy (non-hydrogen) atoms. The Labute approximate surface area is 84.0 Å². The summed E-state index contributed by atoms with van der Waals surface area (Å²) in [6.07, 6.45) is 1.28. The molecule has 0 saturated heterocycles. The van der Waals surface area contributed by atoms with Gasteiger partial charge in [-0.3, -0.25) is 0 Å². The maximum Gasteiger partial charge on any atom is 0.0625 e. The van der Waals surface area contributed by atoms with E-state index in [4.69, 9.17) is 16.9 Å². The molecule has 0 atom stereocenters. The molecule has 1 aromatic carbocycles. The van der Waals surface area contributed by atoms with Gasteiger partial charge in [-0.2, -0.15) is 5.26 Å². The summed E-state index contributed by atoms with van der Waals surface area (Å²) >= 11 is 6.12. The van der Waals surface area contributed by atoms with E-state index in [9.17, 15) is 0 Å². The van der Waals surface area contributed by atoms with E-state index in [2.05, 4.69) is 6.07 Å². The number of nitrogens with zero attached hydrogens (tertiary/aromatic N) is 1. The van der Waals surface area contributed by atoms with Crippen LogP contribution in [0.5, 0.6) is 0 Å². The van der Waals surface area contributed by atoms with Crippen molar-refractivity contribution < 1.29 is 0 Å². The first-order valence-electron chi connectivity index (χ1n) is 4.28. The molecule has 1 nitrogen and oxygen atoms in total. The van der Waals surface area contributed by atoms with Crippen molar-refractivity contribution in [2.45, 2.75) is 26.7 Å². The third kappa shape index (κ3) is 2.23. The van der Waals surface area contributed by atoms with Gasteiger partial charge in [0.2, 0.25) is 0 Å². The molecule has 2 heteroatoms. The molecule has 0 spiro atoms. The summed E-state index contributed by atoms with van der Waals surface area (Å²) in [6.45, 7) is 4.01. The second-order valence-corrected chi connectivity index (χ2v) is 3.53. The lowest BCUT2D eigenvalue weighted by molar-refractivity contribution is 0.993. The second-order valence-electron chi connectivity index (χ2n) is 3.15. The SMILES string of the molecule is Cc1ccc(C)c(CCC#N)c1Cl. The topological polar surface area (TPSA) is 23.8 Å². The molecule has 0 fully saturated rings. The van der Waals surface area contributed by atoms with Gasteiger partial charge in [0.15, 0.2) is 0 Å². The Kier molecular flexibility index (Phi) is 3.33. The molecule has 0 aliphatic heterocycles. The van der Waals surface area contributed by atoms with E-state index in [1.807, 2.05) is 26.0 Å². The molecule has 0 radical (unpaired) electrons. The fraction of sp³-hybridized carbons (Fsp3) is 0.364. The van der Waals surface area contributed by atoms with E-state index >= 15 is 0 Å². The number of halogens is 1. The van der Waals surface area contributed by atoms with Crippen LogP contribution in [0.2, 0.25) is 5.02 Å². The van der Waals surface area contributed by atoms with Crippen LogP contribution >= 0.6 is 11.6 Å². The highest BCUT2D eigenvalue weighted by Gasteiger charge is 2.05. The number of aryl methyl sites for hydroxylation is 2. The van der Waals surface area contributed by atoms with Crippen LogP contribution in [0, 0.1) is 25.2 Å². The molecule has 1 rings (SSSR count).